The van der Waals surface area contributed by atoms with Gasteiger partial charge in [-0.05, 0) is 33.4 Å². The normalized spacial score (nSPS) is 11.3. The summed E-state index contributed by atoms with van der Waals surface area (Å²) in [6.07, 6.45) is 0. The fourth-order valence-electron chi connectivity index (χ4n) is 1.83. The van der Waals surface area contributed by atoms with Crippen molar-refractivity contribution < 1.29 is 4.92 Å². The Morgan fingerprint density at radius 1 is 1.40 bits per heavy atom. The van der Waals surface area contributed by atoms with E-state index in [1.165, 1.54) is 17.0 Å². The highest BCUT2D eigenvalue weighted by atomic mass is 79.9. The summed E-state index contributed by atoms with van der Waals surface area (Å²) in [6.45, 7) is 5.10. The average molecular weight is 355 g/mol. The topological polar surface area (TPSA) is 55.2 Å². The minimum absolute atomic E-state index is 0.00931. The van der Waals surface area contributed by atoms with E-state index in [0.29, 0.717) is 4.47 Å². The molecule has 1 N–H and O–H groups in total. The van der Waals surface area contributed by atoms with E-state index in [1.807, 2.05) is 6.07 Å². The Kier molecular flexibility index (Phi) is 4.45. The molecule has 0 radical (unpaired) electrons. The number of nitro groups is 1. The van der Waals surface area contributed by atoms with E-state index in [4.69, 9.17) is 0 Å². The van der Waals surface area contributed by atoms with E-state index >= 15 is 0 Å². The lowest BCUT2D eigenvalue weighted by Gasteiger charge is -2.24. The van der Waals surface area contributed by atoms with Gasteiger partial charge >= 0.3 is 0 Å². The zero-order chi connectivity index (χ0) is 14.8. The average Bonchev–Trinajstić information content (AvgIpc) is 2.91. The summed E-state index contributed by atoms with van der Waals surface area (Å²) in [6, 6.07) is 8.92. The first-order valence-corrected chi connectivity index (χ1v) is 7.79. The van der Waals surface area contributed by atoms with Crippen LogP contribution in [-0.4, -0.2) is 11.5 Å². The molecule has 20 heavy (non-hydrogen) atoms. The highest BCUT2D eigenvalue weighted by Gasteiger charge is 2.22. The van der Waals surface area contributed by atoms with Crippen molar-refractivity contribution in [2.75, 3.05) is 11.9 Å². The molecule has 6 heteroatoms. The third-order valence-corrected chi connectivity index (χ3v) is 4.96. The Balaban J connectivity index is 2.10. The van der Waals surface area contributed by atoms with E-state index in [0.717, 1.165) is 12.2 Å². The summed E-state index contributed by atoms with van der Waals surface area (Å²) >= 11 is 5.10. The molecule has 0 aliphatic heterocycles. The number of nitrogens with zero attached hydrogens (tertiary/aromatic N) is 1. The van der Waals surface area contributed by atoms with Gasteiger partial charge in [-0.1, -0.05) is 19.9 Å². The van der Waals surface area contributed by atoms with Crippen molar-refractivity contribution in [3.63, 3.8) is 0 Å². The first-order chi connectivity index (χ1) is 9.40. The van der Waals surface area contributed by atoms with Crippen molar-refractivity contribution in [3.05, 3.63) is 55.2 Å². The number of thiophene rings is 1. The lowest BCUT2D eigenvalue weighted by Crippen LogP contribution is -2.26. The van der Waals surface area contributed by atoms with Gasteiger partial charge in [-0.25, -0.2) is 0 Å². The van der Waals surface area contributed by atoms with E-state index in [9.17, 15) is 10.1 Å². The van der Waals surface area contributed by atoms with Crippen LogP contribution in [0, 0.1) is 10.1 Å². The molecule has 4 nitrogen and oxygen atoms in total. The number of nitrogens with one attached hydrogen (secondary N) is 1. The second-order valence-electron chi connectivity index (χ2n) is 5.14. The fraction of sp³-hybridized carbons (Fsp3) is 0.286. The van der Waals surface area contributed by atoms with Crippen LogP contribution in [0.25, 0.3) is 0 Å². The van der Waals surface area contributed by atoms with Gasteiger partial charge in [0.1, 0.15) is 0 Å². The molecule has 0 aliphatic rings. The van der Waals surface area contributed by atoms with Gasteiger partial charge in [-0.3, -0.25) is 10.1 Å². The molecule has 0 bridgehead atoms. The number of rotatable bonds is 5. The summed E-state index contributed by atoms with van der Waals surface area (Å²) in [4.78, 5) is 11.6. The van der Waals surface area contributed by atoms with E-state index in [-0.39, 0.29) is 11.1 Å². The zero-order valence-electron chi connectivity index (χ0n) is 11.2. The van der Waals surface area contributed by atoms with Crippen molar-refractivity contribution in [2.24, 2.45) is 0 Å². The van der Waals surface area contributed by atoms with E-state index in [1.54, 1.807) is 17.4 Å². The van der Waals surface area contributed by atoms with Gasteiger partial charge < -0.3 is 5.32 Å². The quantitative estimate of drug-likeness (QED) is 0.619. The summed E-state index contributed by atoms with van der Waals surface area (Å²) in [7, 11) is 0. The van der Waals surface area contributed by atoms with Gasteiger partial charge in [0.15, 0.2) is 0 Å². The Labute approximate surface area is 130 Å². The van der Waals surface area contributed by atoms with Gasteiger partial charge in [0.2, 0.25) is 0 Å². The largest absolute Gasteiger partial charge is 0.383 e. The number of halogens is 1. The number of hydrogen-bond acceptors (Lipinski definition) is 4. The number of anilines is 1. The monoisotopic (exact) mass is 354 g/mol. The lowest BCUT2D eigenvalue weighted by molar-refractivity contribution is -0.384. The van der Waals surface area contributed by atoms with Crippen LogP contribution < -0.4 is 5.32 Å². The molecule has 0 fully saturated rings. The van der Waals surface area contributed by atoms with Crippen LogP contribution in [0.4, 0.5) is 11.4 Å². The maximum Gasteiger partial charge on any atom is 0.270 e. The Hall–Kier alpha value is -1.40. The summed E-state index contributed by atoms with van der Waals surface area (Å²) in [5.74, 6) is 0. The van der Waals surface area contributed by atoms with Crippen LogP contribution in [0.1, 0.15) is 18.7 Å². The molecule has 2 aromatic rings. The molecule has 0 saturated heterocycles. The molecule has 106 valence electrons. The zero-order valence-corrected chi connectivity index (χ0v) is 13.6. The number of hydrogen-bond donors (Lipinski definition) is 1. The predicted octanol–water partition coefficient (Wildman–Crippen LogP) is 4.81. The SMILES string of the molecule is CC(C)(CNc1ccc([N+](=O)[O-])cc1Br)c1cccs1. The number of non-ortho nitro benzene ring substituents is 1. The Morgan fingerprint density at radius 3 is 2.70 bits per heavy atom. The van der Waals surface area contributed by atoms with Crippen LogP contribution in [0.15, 0.2) is 40.2 Å². The van der Waals surface area contributed by atoms with Crippen LogP contribution in [-0.2, 0) is 5.41 Å². The fourth-order valence-corrected chi connectivity index (χ4v) is 3.19. The lowest BCUT2D eigenvalue weighted by atomic mass is 9.91. The van der Waals surface area contributed by atoms with Crippen LogP contribution >= 0.6 is 27.3 Å². The van der Waals surface area contributed by atoms with Crippen molar-refractivity contribution in [3.8, 4) is 0 Å². The molecule has 0 unspecified atom stereocenters. The standard InChI is InChI=1S/C14H15BrN2O2S/c1-14(2,13-4-3-7-20-13)9-16-12-6-5-10(17(18)19)8-11(12)15/h3-8,16H,9H2,1-2H3. The molecular formula is C14H15BrN2O2S. The second-order valence-corrected chi connectivity index (χ2v) is 6.94. The maximum absolute atomic E-state index is 10.7. The summed E-state index contributed by atoms with van der Waals surface area (Å²) < 4.78 is 0.702. The van der Waals surface area contributed by atoms with Crippen molar-refractivity contribution in [1.29, 1.82) is 0 Å². The molecule has 1 aromatic carbocycles. The highest BCUT2D eigenvalue weighted by molar-refractivity contribution is 9.10. The third-order valence-electron chi connectivity index (χ3n) is 3.07. The summed E-state index contributed by atoms with van der Waals surface area (Å²) in [5, 5.41) is 16.1. The van der Waals surface area contributed by atoms with Crippen molar-refractivity contribution in [2.45, 2.75) is 19.3 Å². The molecule has 0 aliphatic carbocycles. The minimum Gasteiger partial charge on any atom is -0.383 e. The van der Waals surface area contributed by atoms with Crippen LogP contribution in [0.2, 0.25) is 0 Å². The Bertz CT molecular complexity index is 612. The molecule has 1 heterocycles. The Morgan fingerprint density at radius 2 is 2.15 bits per heavy atom. The molecule has 0 atom stereocenters. The van der Waals surface area contributed by atoms with E-state index < -0.39 is 4.92 Å². The molecule has 1 aromatic heterocycles. The first kappa shape index (κ1) is 15.0. The first-order valence-electron chi connectivity index (χ1n) is 6.12. The highest BCUT2D eigenvalue weighted by Crippen LogP contribution is 2.31. The van der Waals surface area contributed by atoms with Gasteiger partial charge in [0.25, 0.3) is 5.69 Å². The van der Waals surface area contributed by atoms with Crippen LogP contribution in [0.3, 0.4) is 0 Å². The maximum atomic E-state index is 10.7. The third kappa shape index (κ3) is 3.37. The van der Waals surface area contributed by atoms with E-state index in [2.05, 4.69) is 46.5 Å². The molecule has 0 amide bonds. The van der Waals surface area contributed by atoms with Crippen molar-refractivity contribution >= 4 is 38.6 Å². The van der Waals surface area contributed by atoms with Gasteiger partial charge in [0.05, 0.1) is 4.92 Å². The second kappa shape index (κ2) is 5.93. The van der Waals surface area contributed by atoms with Crippen molar-refractivity contribution in [1.82, 2.24) is 0 Å². The predicted molar refractivity (Wildman–Crippen MR) is 86.6 cm³/mol. The number of benzene rings is 1. The molecular weight excluding hydrogens is 340 g/mol. The smallest absolute Gasteiger partial charge is 0.270 e. The summed E-state index contributed by atoms with van der Waals surface area (Å²) in [5.41, 5.74) is 0.954. The van der Waals surface area contributed by atoms with Gasteiger partial charge in [-0.15, -0.1) is 11.3 Å². The van der Waals surface area contributed by atoms with Gasteiger partial charge in [-0.2, -0.15) is 0 Å². The molecule has 2 rings (SSSR count). The number of nitro benzene ring substituents is 1. The van der Waals surface area contributed by atoms with Gasteiger partial charge in [0, 0.05) is 39.1 Å². The minimum atomic E-state index is -0.399. The molecule has 0 spiro atoms. The molecule has 0 saturated carbocycles. The van der Waals surface area contributed by atoms with Crippen LogP contribution in [0.5, 0.6) is 0 Å².